The van der Waals surface area contributed by atoms with Crippen molar-refractivity contribution in [3.05, 3.63) is 41.6 Å². The van der Waals surface area contributed by atoms with Gasteiger partial charge in [0.25, 0.3) is 0 Å². The number of anilines is 1. The molecule has 0 saturated heterocycles. The van der Waals surface area contributed by atoms with Gasteiger partial charge >= 0.3 is 0 Å². The molecular weight excluding hydrogens is 254 g/mol. The lowest BCUT2D eigenvalue weighted by molar-refractivity contribution is -0.116. The Labute approximate surface area is 117 Å². The van der Waals surface area contributed by atoms with Crippen molar-refractivity contribution >= 4 is 11.7 Å². The number of carbonyl (C=O) groups excluding carboxylic acids is 1. The minimum atomic E-state index is -0.0571. The Morgan fingerprint density at radius 1 is 1.45 bits per heavy atom. The van der Waals surface area contributed by atoms with Crippen molar-refractivity contribution in [3.63, 3.8) is 0 Å². The highest BCUT2D eigenvalue weighted by Crippen LogP contribution is 2.38. The Kier molecular flexibility index (Phi) is 2.97. The molecule has 1 aromatic carbocycles. The molecule has 1 aliphatic heterocycles. The van der Waals surface area contributed by atoms with Crippen LogP contribution in [-0.4, -0.2) is 20.8 Å². The first-order valence-electron chi connectivity index (χ1n) is 6.72. The molecule has 0 saturated carbocycles. The van der Waals surface area contributed by atoms with E-state index in [0.717, 1.165) is 16.9 Å². The van der Waals surface area contributed by atoms with Crippen LogP contribution in [0.5, 0.6) is 5.75 Å². The van der Waals surface area contributed by atoms with Gasteiger partial charge in [-0.15, -0.1) is 0 Å². The second-order valence-electron chi connectivity index (χ2n) is 5.39. The Hall–Kier alpha value is -2.30. The predicted molar refractivity (Wildman–Crippen MR) is 75.8 cm³/mol. The largest absolute Gasteiger partial charge is 0.508 e. The number of fused-ring (bicyclic) bond motifs is 1. The van der Waals surface area contributed by atoms with Gasteiger partial charge in [0.1, 0.15) is 11.6 Å². The number of nitrogens with zero attached hydrogens (tertiary/aromatic N) is 2. The Bertz CT molecular complexity index is 661. The Morgan fingerprint density at radius 3 is 2.95 bits per heavy atom. The van der Waals surface area contributed by atoms with E-state index in [4.69, 9.17) is 0 Å². The van der Waals surface area contributed by atoms with Crippen LogP contribution in [0.25, 0.3) is 0 Å². The molecule has 3 rings (SSSR count). The van der Waals surface area contributed by atoms with Crippen molar-refractivity contribution < 1.29 is 9.90 Å². The van der Waals surface area contributed by atoms with Crippen LogP contribution in [0.3, 0.4) is 0 Å². The minimum Gasteiger partial charge on any atom is -0.508 e. The van der Waals surface area contributed by atoms with E-state index in [9.17, 15) is 9.90 Å². The highest BCUT2D eigenvalue weighted by Gasteiger charge is 2.30. The molecule has 0 radical (unpaired) electrons. The second-order valence-corrected chi connectivity index (χ2v) is 5.39. The average Bonchev–Trinajstić information content (AvgIpc) is 2.81. The summed E-state index contributed by atoms with van der Waals surface area (Å²) in [5.74, 6) is 0.905. The van der Waals surface area contributed by atoms with Crippen molar-refractivity contribution in [3.8, 4) is 5.75 Å². The van der Waals surface area contributed by atoms with Crippen LogP contribution in [-0.2, 0) is 4.79 Å². The van der Waals surface area contributed by atoms with E-state index in [1.807, 2.05) is 30.8 Å². The fourth-order valence-corrected chi connectivity index (χ4v) is 2.67. The average molecular weight is 271 g/mol. The van der Waals surface area contributed by atoms with Gasteiger partial charge in [-0.2, -0.15) is 5.10 Å². The van der Waals surface area contributed by atoms with Crippen LogP contribution in [0, 0.1) is 0 Å². The van der Waals surface area contributed by atoms with Crippen LogP contribution in [0.2, 0.25) is 0 Å². The molecule has 5 heteroatoms. The fourth-order valence-electron chi connectivity index (χ4n) is 2.67. The molecule has 1 aliphatic rings. The zero-order chi connectivity index (χ0) is 14.3. The van der Waals surface area contributed by atoms with Crippen molar-refractivity contribution in [1.29, 1.82) is 0 Å². The van der Waals surface area contributed by atoms with Crippen LogP contribution >= 0.6 is 0 Å². The van der Waals surface area contributed by atoms with Gasteiger partial charge in [-0.3, -0.25) is 4.79 Å². The lowest BCUT2D eigenvalue weighted by atomic mass is 9.87. The molecule has 2 heterocycles. The third kappa shape index (κ3) is 2.05. The molecule has 0 bridgehead atoms. The summed E-state index contributed by atoms with van der Waals surface area (Å²) < 4.78 is 1.82. The predicted octanol–water partition coefficient (Wildman–Crippen LogP) is 2.64. The normalized spacial score (nSPS) is 17.9. The van der Waals surface area contributed by atoms with E-state index in [0.29, 0.717) is 6.42 Å². The molecule has 0 fully saturated rings. The number of carbonyl (C=O) groups is 1. The molecule has 0 spiro atoms. The van der Waals surface area contributed by atoms with E-state index < -0.39 is 0 Å². The lowest BCUT2D eigenvalue weighted by Crippen LogP contribution is -2.25. The summed E-state index contributed by atoms with van der Waals surface area (Å²) >= 11 is 0. The number of benzene rings is 1. The van der Waals surface area contributed by atoms with E-state index >= 15 is 0 Å². The van der Waals surface area contributed by atoms with Crippen LogP contribution in [0.4, 0.5) is 5.82 Å². The molecule has 2 aromatic rings. The molecule has 5 nitrogen and oxygen atoms in total. The number of amides is 1. The summed E-state index contributed by atoms with van der Waals surface area (Å²) in [5, 5.41) is 16.9. The summed E-state index contributed by atoms with van der Waals surface area (Å²) in [6.45, 7) is 4.05. The molecule has 0 aliphatic carbocycles. The smallest absolute Gasteiger partial charge is 0.226 e. The zero-order valence-corrected chi connectivity index (χ0v) is 11.5. The zero-order valence-electron chi connectivity index (χ0n) is 11.5. The maximum Gasteiger partial charge on any atom is 0.226 e. The van der Waals surface area contributed by atoms with Gasteiger partial charge in [-0.1, -0.05) is 12.1 Å². The van der Waals surface area contributed by atoms with Crippen molar-refractivity contribution in [2.75, 3.05) is 5.32 Å². The van der Waals surface area contributed by atoms with Crippen molar-refractivity contribution in [2.45, 2.75) is 32.2 Å². The number of hydrogen-bond donors (Lipinski definition) is 2. The number of phenols is 1. The number of aromatic hydroxyl groups is 1. The van der Waals surface area contributed by atoms with E-state index in [1.165, 1.54) is 0 Å². The molecule has 20 heavy (non-hydrogen) atoms. The number of phenolic OH excluding ortho intramolecular Hbond substituents is 1. The van der Waals surface area contributed by atoms with Crippen LogP contribution in [0.15, 0.2) is 30.5 Å². The first kappa shape index (κ1) is 12.7. The van der Waals surface area contributed by atoms with Gasteiger partial charge in [0.15, 0.2) is 0 Å². The summed E-state index contributed by atoms with van der Waals surface area (Å²) in [4.78, 5) is 12.0. The maximum atomic E-state index is 12.0. The number of hydrogen-bond acceptors (Lipinski definition) is 3. The molecule has 0 unspecified atom stereocenters. The van der Waals surface area contributed by atoms with E-state index in [1.54, 1.807) is 18.2 Å². The summed E-state index contributed by atoms with van der Waals surface area (Å²) in [6.07, 6.45) is 2.18. The monoisotopic (exact) mass is 271 g/mol. The lowest BCUT2D eigenvalue weighted by Gasteiger charge is -2.24. The molecule has 1 atom stereocenters. The van der Waals surface area contributed by atoms with Gasteiger partial charge in [0, 0.05) is 23.9 Å². The maximum absolute atomic E-state index is 12.0. The van der Waals surface area contributed by atoms with Gasteiger partial charge < -0.3 is 10.4 Å². The van der Waals surface area contributed by atoms with Crippen molar-refractivity contribution in [1.82, 2.24) is 9.78 Å². The highest BCUT2D eigenvalue weighted by atomic mass is 16.3. The van der Waals surface area contributed by atoms with Crippen molar-refractivity contribution in [2.24, 2.45) is 0 Å². The molecule has 2 N–H and O–H groups in total. The number of rotatable bonds is 2. The summed E-state index contributed by atoms with van der Waals surface area (Å²) in [6, 6.07) is 7.25. The highest BCUT2D eigenvalue weighted by molar-refractivity contribution is 5.94. The third-order valence-corrected chi connectivity index (χ3v) is 3.61. The number of aromatic nitrogens is 2. The topological polar surface area (TPSA) is 67.2 Å². The van der Waals surface area contributed by atoms with E-state index in [2.05, 4.69) is 10.4 Å². The quantitative estimate of drug-likeness (QED) is 0.882. The minimum absolute atomic E-state index is 0.0201. The molecule has 1 aromatic heterocycles. The summed E-state index contributed by atoms with van der Waals surface area (Å²) in [5.41, 5.74) is 1.94. The Balaban J connectivity index is 2.09. The van der Waals surface area contributed by atoms with Gasteiger partial charge in [0.2, 0.25) is 5.91 Å². The van der Waals surface area contributed by atoms with Crippen LogP contribution < -0.4 is 5.32 Å². The standard InChI is InChI=1S/C15H17N3O2/c1-9(2)18-15-13(8-16-18)12(7-14(20)17-15)10-4-3-5-11(19)6-10/h3-6,8-9,12,19H,7H2,1-2H3,(H,17,20)/t12-/m1/s1. The Morgan fingerprint density at radius 2 is 2.25 bits per heavy atom. The SMILES string of the molecule is CC(C)n1ncc2c1NC(=O)C[C@@H]2c1cccc(O)c1. The van der Waals surface area contributed by atoms with E-state index in [-0.39, 0.29) is 23.6 Å². The first-order chi connectivity index (χ1) is 9.56. The van der Waals surface area contributed by atoms with Crippen LogP contribution in [0.1, 0.15) is 43.4 Å². The summed E-state index contributed by atoms with van der Waals surface area (Å²) in [7, 11) is 0. The molecule has 104 valence electrons. The number of nitrogens with one attached hydrogen (secondary N) is 1. The van der Waals surface area contributed by atoms with Gasteiger partial charge in [0.05, 0.1) is 6.20 Å². The fraction of sp³-hybridized carbons (Fsp3) is 0.333. The second kappa shape index (κ2) is 4.67. The first-order valence-corrected chi connectivity index (χ1v) is 6.72. The molecular formula is C15H17N3O2. The van der Waals surface area contributed by atoms with Gasteiger partial charge in [-0.05, 0) is 31.5 Å². The third-order valence-electron chi connectivity index (χ3n) is 3.61. The van der Waals surface area contributed by atoms with Gasteiger partial charge in [-0.25, -0.2) is 4.68 Å². The molecule has 1 amide bonds.